The normalized spacial score (nSPS) is 19.2. The van der Waals surface area contributed by atoms with Crippen molar-refractivity contribution in [1.82, 2.24) is 10.2 Å². The summed E-state index contributed by atoms with van der Waals surface area (Å²) in [4.78, 5) is 23.4. The highest BCUT2D eigenvalue weighted by molar-refractivity contribution is 6.31. The van der Waals surface area contributed by atoms with Crippen molar-refractivity contribution < 1.29 is 9.72 Å². The molecule has 0 saturated carbocycles. The van der Waals surface area contributed by atoms with Crippen LogP contribution in [0.1, 0.15) is 18.4 Å². The maximum Gasteiger partial charge on any atom is 0.269 e. The lowest BCUT2D eigenvalue weighted by Crippen LogP contribution is -2.46. The van der Waals surface area contributed by atoms with Crippen LogP contribution >= 0.6 is 11.6 Å². The number of carbonyl (C=O) groups is 1. The van der Waals surface area contributed by atoms with Gasteiger partial charge in [-0.05, 0) is 18.1 Å². The van der Waals surface area contributed by atoms with E-state index < -0.39 is 4.92 Å². The minimum absolute atomic E-state index is 0.0298. The molecule has 1 aliphatic heterocycles. The molecule has 0 aliphatic carbocycles. The maximum atomic E-state index is 11.4. The van der Waals surface area contributed by atoms with E-state index in [0.717, 1.165) is 6.42 Å². The lowest BCUT2D eigenvalue weighted by atomic mass is 10.1. The van der Waals surface area contributed by atoms with Gasteiger partial charge in [-0.25, -0.2) is 0 Å². The summed E-state index contributed by atoms with van der Waals surface area (Å²) in [6, 6.07) is 4.59. The van der Waals surface area contributed by atoms with Crippen molar-refractivity contribution in [2.24, 2.45) is 0 Å². The van der Waals surface area contributed by atoms with Gasteiger partial charge in [0.1, 0.15) is 0 Å². The van der Waals surface area contributed by atoms with Crippen LogP contribution in [0.2, 0.25) is 5.02 Å². The number of likely N-dealkylation sites (N-methyl/N-ethyl adjacent to an activating group) is 1. The number of piperidine rings is 1. The first-order valence-corrected chi connectivity index (χ1v) is 6.75. The van der Waals surface area contributed by atoms with Crippen molar-refractivity contribution in [1.29, 1.82) is 0 Å². The molecule has 0 bridgehead atoms. The van der Waals surface area contributed by atoms with Gasteiger partial charge >= 0.3 is 0 Å². The number of nitrogens with zero attached hydrogens (tertiary/aromatic N) is 2. The Kier molecular flexibility index (Phi) is 4.57. The molecule has 1 saturated heterocycles. The molecule has 1 heterocycles. The number of non-ortho nitro benzene ring substituents is 1. The van der Waals surface area contributed by atoms with E-state index in [1.54, 1.807) is 11.9 Å². The molecule has 1 N–H and O–H groups in total. The largest absolute Gasteiger partial charge is 0.344 e. The summed E-state index contributed by atoms with van der Waals surface area (Å²) in [6.07, 6.45) is 1.30. The number of halogens is 1. The molecular weight excluding hydrogens is 282 g/mol. The van der Waals surface area contributed by atoms with Crippen LogP contribution < -0.4 is 5.32 Å². The zero-order chi connectivity index (χ0) is 14.7. The van der Waals surface area contributed by atoms with Gasteiger partial charge in [-0.15, -0.1) is 0 Å². The first-order valence-electron chi connectivity index (χ1n) is 6.37. The highest BCUT2D eigenvalue weighted by Crippen LogP contribution is 2.22. The molecule has 0 spiro atoms. The Bertz CT molecular complexity index is 536. The van der Waals surface area contributed by atoms with Crippen LogP contribution in [0.4, 0.5) is 5.69 Å². The highest BCUT2D eigenvalue weighted by Gasteiger charge is 2.22. The molecule has 1 aromatic carbocycles. The number of rotatable bonds is 4. The summed E-state index contributed by atoms with van der Waals surface area (Å²) in [5.74, 6) is 0.149. The topological polar surface area (TPSA) is 75.5 Å². The smallest absolute Gasteiger partial charge is 0.269 e. The van der Waals surface area contributed by atoms with Gasteiger partial charge < -0.3 is 10.2 Å². The highest BCUT2D eigenvalue weighted by atomic mass is 35.5. The molecular formula is C13H16ClN3O3. The number of carbonyl (C=O) groups excluding carboxylic acids is 1. The average molecular weight is 298 g/mol. The molecule has 108 valence electrons. The van der Waals surface area contributed by atoms with E-state index in [-0.39, 0.29) is 17.6 Å². The summed E-state index contributed by atoms with van der Waals surface area (Å²) < 4.78 is 0. The number of hydrogen-bond donors (Lipinski definition) is 1. The van der Waals surface area contributed by atoms with Gasteiger partial charge in [-0.2, -0.15) is 0 Å². The van der Waals surface area contributed by atoms with E-state index in [1.165, 1.54) is 18.2 Å². The molecule has 1 amide bonds. The average Bonchev–Trinajstić information content (AvgIpc) is 2.41. The zero-order valence-electron chi connectivity index (χ0n) is 11.1. The zero-order valence-corrected chi connectivity index (χ0v) is 11.9. The molecule has 1 aromatic rings. The lowest BCUT2D eigenvalue weighted by Gasteiger charge is -2.30. The predicted octanol–water partition coefficient (Wildman–Crippen LogP) is 1.96. The fourth-order valence-electron chi connectivity index (χ4n) is 2.24. The van der Waals surface area contributed by atoms with Crippen LogP contribution in [0.15, 0.2) is 18.2 Å². The summed E-state index contributed by atoms with van der Waals surface area (Å²) in [5.41, 5.74) is 0.725. The second-order valence-electron chi connectivity index (χ2n) is 4.92. The Labute approximate surface area is 121 Å². The Morgan fingerprint density at radius 1 is 1.55 bits per heavy atom. The number of nitro benzene ring substituents is 1. The molecule has 2 rings (SSSR count). The molecule has 6 nitrogen and oxygen atoms in total. The van der Waals surface area contributed by atoms with Gasteiger partial charge in [-0.3, -0.25) is 14.9 Å². The van der Waals surface area contributed by atoms with Crippen molar-refractivity contribution in [3.05, 3.63) is 38.9 Å². The summed E-state index contributed by atoms with van der Waals surface area (Å²) in [7, 11) is 1.77. The van der Waals surface area contributed by atoms with E-state index in [4.69, 9.17) is 11.6 Å². The fourth-order valence-corrected chi connectivity index (χ4v) is 2.43. The Hall–Kier alpha value is -1.66. The molecule has 1 unspecified atom stereocenters. The first-order chi connectivity index (χ1) is 9.47. The molecule has 0 aromatic heterocycles. The first kappa shape index (κ1) is 14.7. The van der Waals surface area contributed by atoms with Crippen LogP contribution in [-0.2, 0) is 11.3 Å². The van der Waals surface area contributed by atoms with Crippen LogP contribution in [0, 0.1) is 10.1 Å². The molecule has 1 fully saturated rings. The predicted molar refractivity (Wildman–Crippen MR) is 75.6 cm³/mol. The minimum atomic E-state index is -0.438. The third kappa shape index (κ3) is 3.46. The van der Waals surface area contributed by atoms with Gasteiger partial charge in [0.2, 0.25) is 5.91 Å². The van der Waals surface area contributed by atoms with Gasteiger partial charge in [0, 0.05) is 49.8 Å². The third-order valence-electron chi connectivity index (χ3n) is 3.45. The summed E-state index contributed by atoms with van der Waals surface area (Å²) in [6.45, 7) is 1.10. The van der Waals surface area contributed by atoms with Gasteiger partial charge in [-0.1, -0.05) is 11.6 Å². The molecule has 7 heteroatoms. The van der Waals surface area contributed by atoms with Crippen molar-refractivity contribution in [3.8, 4) is 0 Å². The SMILES string of the molecule is CN1CC(NCc2cc([N+](=O)[O-])ccc2Cl)CCC1=O. The van der Waals surface area contributed by atoms with E-state index in [0.29, 0.717) is 30.1 Å². The van der Waals surface area contributed by atoms with Gasteiger partial charge in [0.05, 0.1) is 4.92 Å². The summed E-state index contributed by atoms with van der Waals surface area (Å²) in [5, 5.41) is 14.5. The van der Waals surface area contributed by atoms with Crippen LogP contribution in [-0.4, -0.2) is 35.4 Å². The quantitative estimate of drug-likeness (QED) is 0.681. The standard InChI is InChI=1S/C13H16ClN3O3/c1-16-8-10(2-5-13(16)18)15-7-9-6-11(17(19)20)3-4-12(9)14/h3-4,6,10,15H,2,5,7-8H2,1H3. The van der Waals surface area contributed by atoms with Crippen molar-refractivity contribution in [2.45, 2.75) is 25.4 Å². The van der Waals surface area contributed by atoms with Crippen LogP contribution in [0.5, 0.6) is 0 Å². The fraction of sp³-hybridized carbons (Fsp3) is 0.462. The van der Waals surface area contributed by atoms with Crippen molar-refractivity contribution >= 4 is 23.2 Å². The van der Waals surface area contributed by atoms with Gasteiger partial charge in [0.15, 0.2) is 0 Å². The van der Waals surface area contributed by atoms with E-state index in [1.807, 2.05) is 0 Å². The Balaban J connectivity index is 1.98. The van der Waals surface area contributed by atoms with Crippen molar-refractivity contribution in [2.75, 3.05) is 13.6 Å². The second kappa shape index (κ2) is 6.19. The van der Waals surface area contributed by atoms with Crippen molar-refractivity contribution in [3.63, 3.8) is 0 Å². The van der Waals surface area contributed by atoms with Gasteiger partial charge in [0.25, 0.3) is 5.69 Å². The van der Waals surface area contributed by atoms with Crippen LogP contribution in [0.25, 0.3) is 0 Å². The molecule has 1 aliphatic rings. The van der Waals surface area contributed by atoms with E-state index >= 15 is 0 Å². The minimum Gasteiger partial charge on any atom is -0.344 e. The molecule has 1 atom stereocenters. The number of nitro groups is 1. The second-order valence-corrected chi connectivity index (χ2v) is 5.33. The maximum absolute atomic E-state index is 11.4. The Morgan fingerprint density at radius 2 is 2.30 bits per heavy atom. The number of likely N-dealkylation sites (tertiary alicyclic amines) is 1. The van der Waals surface area contributed by atoms with E-state index in [9.17, 15) is 14.9 Å². The number of nitrogens with one attached hydrogen (secondary N) is 1. The lowest BCUT2D eigenvalue weighted by molar-refractivity contribution is -0.384. The number of benzene rings is 1. The molecule has 20 heavy (non-hydrogen) atoms. The van der Waals surface area contributed by atoms with E-state index in [2.05, 4.69) is 5.32 Å². The Morgan fingerprint density at radius 3 is 2.95 bits per heavy atom. The summed E-state index contributed by atoms with van der Waals surface area (Å²) >= 11 is 6.04. The number of hydrogen-bond acceptors (Lipinski definition) is 4. The number of amides is 1. The molecule has 0 radical (unpaired) electrons. The third-order valence-corrected chi connectivity index (χ3v) is 3.82. The monoisotopic (exact) mass is 297 g/mol. The van der Waals surface area contributed by atoms with Crippen LogP contribution in [0.3, 0.4) is 0 Å².